The molecule has 17 heavy (non-hydrogen) atoms. The minimum Gasteiger partial charge on any atom is -0.508 e. The van der Waals surface area contributed by atoms with E-state index in [1.165, 1.54) is 0 Å². The first-order valence-electron chi connectivity index (χ1n) is 6.01. The number of phenolic OH excluding ortho intramolecular Hbond substituents is 1. The molecule has 0 amide bonds. The van der Waals surface area contributed by atoms with Crippen molar-refractivity contribution in [3.05, 3.63) is 47.1 Å². The van der Waals surface area contributed by atoms with Gasteiger partial charge in [-0.25, -0.2) is 0 Å². The van der Waals surface area contributed by atoms with Crippen LogP contribution in [0.1, 0.15) is 30.4 Å². The van der Waals surface area contributed by atoms with Crippen LogP contribution < -0.4 is 0 Å². The van der Waals surface area contributed by atoms with Gasteiger partial charge >= 0.3 is 0 Å². The third-order valence-electron chi connectivity index (χ3n) is 3.54. The predicted molar refractivity (Wildman–Crippen MR) is 66.7 cm³/mol. The Balaban J connectivity index is 2.26. The SMILES string of the molecule is O=C1CCCC2=C1C=CCc1c(O)cccc12. The van der Waals surface area contributed by atoms with Crippen LogP contribution in [0.3, 0.4) is 0 Å². The van der Waals surface area contributed by atoms with Crippen LogP contribution in [-0.4, -0.2) is 10.9 Å². The topological polar surface area (TPSA) is 37.3 Å². The molecule has 0 saturated carbocycles. The fourth-order valence-electron chi connectivity index (χ4n) is 2.70. The zero-order valence-electron chi connectivity index (χ0n) is 9.57. The molecule has 0 fully saturated rings. The van der Waals surface area contributed by atoms with Crippen LogP contribution in [0.25, 0.3) is 5.57 Å². The molecule has 0 saturated heterocycles. The van der Waals surface area contributed by atoms with E-state index in [1.54, 1.807) is 6.07 Å². The number of ketones is 1. The van der Waals surface area contributed by atoms with Gasteiger partial charge in [0.05, 0.1) is 0 Å². The van der Waals surface area contributed by atoms with Crippen LogP contribution in [0.2, 0.25) is 0 Å². The summed E-state index contributed by atoms with van der Waals surface area (Å²) in [6.45, 7) is 0. The molecule has 2 aliphatic carbocycles. The number of rotatable bonds is 0. The Morgan fingerprint density at radius 1 is 1.18 bits per heavy atom. The van der Waals surface area contributed by atoms with Crippen LogP contribution in [0, 0.1) is 0 Å². The van der Waals surface area contributed by atoms with Gasteiger partial charge in [-0.15, -0.1) is 0 Å². The van der Waals surface area contributed by atoms with Gasteiger partial charge in [0.1, 0.15) is 5.75 Å². The van der Waals surface area contributed by atoms with Crippen LogP contribution in [0.15, 0.2) is 35.9 Å². The van der Waals surface area contributed by atoms with E-state index in [4.69, 9.17) is 0 Å². The van der Waals surface area contributed by atoms with Crippen molar-refractivity contribution in [1.82, 2.24) is 0 Å². The maximum atomic E-state index is 11.9. The lowest BCUT2D eigenvalue weighted by Gasteiger charge is -2.18. The number of carbonyl (C=O) groups is 1. The Hall–Kier alpha value is -1.83. The highest BCUT2D eigenvalue weighted by molar-refractivity contribution is 6.07. The van der Waals surface area contributed by atoms with Crippen LogP contribution >= 0.6 is 0 Å². The molecule has 0 aromatic heterocycles. The molecule has 2 aliphatic rings. The number of carbonyl (C=O) groups excluding carboxylic acids is 1. The lowest BCUT2D eigenvalue weighted by atomic mass is 9.85. The Kier molecular flexibility index (Phi) is 2.36. The van der Waals surface area contributed by atoms with E-state index in [0.29, 0.717) is 18.6 Å². The van der Waals surface area contributed by atoms with Crippen molar-refractivity contribution >= 4 is 11.4 Å². The second-order valence-electron chi connectivity index (χ2n) is 4.58. The van der Waals surface area contributed by atoms with E-state index < -0.39 is 0 Å². The summed E-state index contributed by atoms with van der Waals surface area (Å²) in [5.74, 6) is 0.567. The highest BCUT2D eigenvalue weighted by atomic mass is 16.3. The molecule has 0 bridgehead atoms. The maximum Gasteiger partial charge on any atom is 0.163 e. The van der Waals surface area contributed by atoms with Gasteiger partial charge in [0.15, 0.2) is 5.78 Å². The lowest BCUT2D eigenvalue weighted by Crippen LogP contribution is -2.09. The van der Waals surface area contributed by atoms with Gasteiger partial charge in [-0.3, -0.25) is 4.79 Å². The van der Waals surface area contributed by atoms with Crippen LogP contribution in [-0.2, 0) is 11.2 Å². The zero-order chi connectivity index (χ0) is 11.8. The molecule has 1 aromatic rings. The van der Waals surface area contributed by atoms with E-state index in [0.717, 1.165) is 35.1 Å². The number of aromatic hydroxyl groups is 1. The molecule has 2 nitrogen and oxygen atoms in total. The summed E-state index contributed by atoms with van der Waals surface area (Å²) < 4.78 is 0. The monoisotopic (exact) mass is 226 g/mol. The van der Waals surface area contributed by atoms with Crippen LogP contribution in [0.5, 0.6) is 5.75 Å². The first-order chi connectivity index (χ1) is 8.27. The van der Waals surface area contributed by atoms with E-state index in [1.807, 2.05) is 24.3 Å². The van der Waals surface area contributed by atoms with Gasteiger partial charge in [-0.2, -0.15) is 0 Å². The van der Waals surface area contributed by atoms with Crippen molar-refractivity contribution < 1.29 is 9.90 Å². The number of Topliss-reactive ketones (excluding diaryl/α,β-unsaturated/α-hetero) is 1. The molecule has 86 valence electrons. The summed E-state index contributed by atoms with van der Waals surface area (Å²) in [4.78, 5) is 11.9. The Morgan fingerprint density at radius 2 is 2.06 bits per heavy atom. The zero-order valence-corrected chi connectivity index (χ0v) is 9.57. The quantitative estimate of drug-likeness (QED) is 0.738. The standard InChI is InChI=1S/C15H14O2/c16-14-8-2-4-10-11-5-3-9-15(17)13(11)7-1-6-12(10)14/h1-2,4,7-8,16H,3,5-6,9H2. The molecule has 0 unspecified atom stereocenters. The van der Waals surface area contributed by atoms with E-state index in [2.05, 4.69) is 0 Å². The highest BCUT2D eigenvalue weighted by Crippen LogP contribution is 2.37. The summed E-state index contributed by atoms with van der Waals surface area (Å²) in [6.07, 6.45) is 7.10. The fraction of sp³-hybridized carbons (Fsp3) is 0.267. The summed E-state index contributed by atoms with van der Waals surface area (Å²) in [7, 11) is 0. The Bertz CT molecular complexity index is 550. The molecule has 0 aliphatic heterocycles. The van der Waals surface area contributed by atoms with Crippen molar-refractivity contribution in [1.29, 1.82) is 0 Å². The highest BCUT2D eigenvalue weighted by Gasteiger charge is 2.23. The third-order valence-corrected chi connectivity index (χ3v) is 3.54. The first-order valence-corrected chi connectivity index (χ1v) is 6.01. The number of phenols is 1. The van der Waals surface area contributed by atoms with Gasteiger partial charge in [0.2, 0.25) is 0 Å². The summed E-state index contributed by atoms with van der Waals surface area (Å²) in [6, 6.07) is 5.57. The molecule has 3 rings (SSSR count). The predicted octanol–water partition coefficient (Wildman–Crippen LogP) is 3.01. The van der Waals surface area contributed by atoms with Gasteiger partial charge in [0, 0.05) is 17.6 Å². The minimum absolute atomic E-state index is 0.235. The van der Waals surface area contributed by atoms with Gasteiger partial charge in [0.25, 0.3) is 0 Å². The minimum atomic E-state index is 0.235. The number of hydrogen-bond acceptors (Lipinski definition) is 2. The van der Waals surface area contributed by atoms with E-state index in [-0.39, 0.29) is 5.78 Å². The van der Waals surface area contributed by atoms with Crippen molar-refractivity contribution in [2.75, 3.05) is 0 Å². The number of allylic oxidation sites excluding steroid dienone is 4. The smallest absolute Gasteiger partial charge is 0.163 e. The Morgan fingerprint density at radius 3 is 2.94 bits per heavy atom. The molecule has 0 radical (unpaired) electrons. The van der Waals surface area contributed by atoms with Crippen molar-refractivity contribution in [2.45, 2.75) is 25.7 Å². The van der Waals surface area contributed by atoms with Crippen molar-refractivity contribution in [2.24, 2.45) is 0 Å². The first kappa shape index (κ1) is 10.3. The molecule has 1 aromatic carbocycles. The van der Waals surface area contributed by atoms with Gasteiger partial charge in [-0.1, -0.05) is 24.3 Å². The molecule has 0 atom stereocenters. The number of hydrogen-bond donors (Lipinski definition) is 1. The fourth-order valence-corrected chi connectivity index (χ4v) is 2.70. The van der Waals surface area contributed by atoms with Gasteiger partial charge in [-0.05, 0) is 36.5 Å². The number of fused-ring (bicyclic) bond motifs is 2. The normalized spacial score (nSPS) is 18.7. The van der Waals surface area contributed by atoms with Crippen LogP contribution in [0.4, 0.5) is 0 Å². The second-order valence-corrected chi connectivity index (χ2v) is 4.58. The molecule has 0 heterocycles. The molecular formula is C15H14O2. The average Bonchev–Trinajstić information content (AvgIpc) is 2.51. The largest absolute Gasteiger partial charge is 0.508 e. The summed E-state index contributed by atoms with van der Waals surface area (Å²) >= 11 is 0. The van der Waals surface area contributed by atoms with Gasteiger partial charge < -0.3 is 5.11 Å². The third kappa shape index (κ3) is 1.60. The summed E-state index contributed by atoms with van der Waals surface area (Å²) in [5.41, 5.74) is 3.96. The lowest BCUT2D eigenvalue weighted by molar-refractivity contribution is -0.115. The number of benzene rings is 1. The molecule has 1 N–H and O–H groups in total. The van der Waals surface area contributed by atoms with E-state index in [9.17, 15) is 9.90 Å². The average molecular weight is 226 g/mol. The molecule has 2 heteroatoms. The van der Waals surface area contributed by atoms with Crippen molar-refractivity contribution in [3.8, 4) is 5.75 Å². The maximum absolute atomic E-state index is 11.9. The Labute approximate surface area is 100 Å². The second kappa shape index (κ2) is 3.88. The van der Waals surface area contributed by atoms with Crippen molar-refractivity contribution in [3.63, 3.8) is 0 Å². The molecule has 0 spiro atoms. The molecular weight excluding hydrogens is 212 g/mol. The summed E-state index contributed by atoms with van der Waals surface area (Å²) in [5, 5.41) is 9.90. The van der Waals surface area contributed by atoms with E-state index >= 15 is 0 Å².